The molecule has 1 aromatic heterocycles. The molecule has 1 amide bonds. The van der Waals surface area contributed by atoms with Crippen molar-refractivity contribution in [3.8, 4) is 0 Å². The van der Waals surface area contributed by atoms with Crippen molar-refractivity contribution in [2.45, 2.75) is 64.3 Å². The third-order valence-corrected chi connectivity index (χ3v) is 5.67. The minimum Gasteiger partial charge on any atom is -0.379 e. The number of nitrogens with zero attached hydrogens (tertiary/aromatic N) is 4. The topological polar surface area (TPSA) is 72.3 Å². The second kappa shape index (κ2) is 8.73. The fraction of sp³-hybridized carbons (Fsp3) is 0.571. The zero-order valence-corrected chi connectivity index (χ0v) is 16.5. The minimum atomic E-state index is 0.135. The van der Waals surface area contributed by atoms with E-state index in [0.717, 1.165) is 62.3 Å². The Morgan fingerprint density at radius 2 is 2.07 bits per heavy atom. The highest BCUT2D eigenvalue weighted by molar-refractivity contribution is 5.94. The smallest absolute Gasteiger partial charge is 0.254 e. The number of carbonyl (C=O) groups is 1. The second-order valence-electron chi connectivity index (χ2n) is 7.84. The van der Waals surface area contributed by atoms with E-state index in [1.54, 1.807) is 0 Å². The third-order valence-electron chi connectivity index (χ3n) is 5.67. The lowest BCUT2D eigenvalue weighted by atomic mass is 10.0. The van der Waals surface area contributed by atoms with Crippen LogP contribution in [0.4, 0.5) is 5.69 Å². The van der Waals surface area contributed by atoms with Gasteiger partial charge in [0.2, 0.25) is 0 Å². The molecule has 4 rings (SSSR count). The minimum absolute atomic E-state index is 0.135. The highest BCUT2D eigenvalue weighted by Crippen LogP contribution is 2.20. The summed E-state index contributed by atoms with van der Waals surface area (Å²) in [7, 11) is 0. The van der Waals surface area contributed by atoms with Crippen LogP contribution in [0, 0.1) is 0 Å². The van der Waals surface area contributed by atoms with Crippen LogP contribution in [0.25, 0.3) is 0 Å². The van der Waals surface area contributed by atoms with Gasteiger partial charge in [0.25, 0.3) is 5.91 Å². The first kappa shape index (κ1) is 18.9. The Kier molecular flexibility index (Phi) is 5.90. The summed E-state index contributed by atoms with van der Waals surface area (Å²) < 4.78 is 7.50. The molecule has 28 heavy (non-hydrogen) atoms. The van der Waals surface area contributed by atoms with Crippen molar-refractivity contribution in [1.82, 2.24) is 19.9 Å². The molecule has 2 aliphatic rings. The monoisotopic (exact) mass is 383 g/mol. The summed E-state index contributed by atoms with van der Waals surface area (Å²) in [6, 6.07) is 8.05. The van der Waals surface area contributed by atoms with E-state index < -0.39 is 0 Å². The van der Waals surface area contributed by atoms with Crippen LogP contribution in [0.15, 0.2) is 30.5 Å². The SMILES string of the molecule is CC1CCCCN1C(=O)c1ccc(NCc2cn(CC3CCCO3)nn2)cc1. The number of amides is 1. The maximum absolute atomic E-state index is 12.7. The molecule has 150 valence electrons. The molecule has 0 spiro atoms. The number of likely N-dealkylation sites (tertiary alicyclic amines) is 1. The van der Waals surface area contributed by atoms with Crippen molar-refractivity contribution in [2.24, 2.45) is 0 Å². The molecule has 0 saturated carbocycles. The standard InChI is InChI=1S/C21H29N5O2/c1-16-5-2-3-11-26(16)21(27)17-7-9-18(10-8-17)22-13-19-14-25(24-23-19)15-20-6-4-12-28-20/h7-10,14,16,20,22H,2-6,11-13,15H2,1H3. The Balaban J connectivity index is 1.29. The van der Waals surface area contributed by atoms with Crippen molar-refractivity contribution < 1.29 is 9.53 Å². The van der Waals surface area contributed by atoms with Crippen LogP contribution in [-0.4, -0.2) is 51.1 Å². The highest BCUT2D eigenvalue weighted by Gasteiger charge is 2.24. The number of aromatic nitrogens is 3. The van der Waals surface area contributed by atoms with Gasteiger partial charge in [-0.25, -0.2) is 4.68 Å². The number of hydrogen-bond donors (Lipinski definition) is 1. The van der Waals surface area contributed by atoms with Crippen LogP contribution < -0.4 is 5.32 Å². The summed E-state index contributed by atoms with van der Waals surface area (Å²) in [5, 5.41) is 11.8. The molecule has 2 atom stereocenters. The Labute approximate surface area is 166 Å². The van der Waals surface area contributed by atoms with E-state index in [1.807, 2.05) is 40.0 Å². The fourth-order valence-electron chi connectivity index (χ4n) is 3.99. The van der Waals surface area contributed by atoms with Gasteiger partial charge < -0.3 is 15.0 Å². The lowest BCUT2D eigenvalue weighted by molar-refractivity contribution is 0.0635. The van der Waals surface area contributed by atoms with Gasteiger partial charge in [0.05, 0.1) is 25.4 Å². The summed E-state index contributed by atoms with van der Waals surface area (Å²) >= 11 is 0. The summed E-state index contributed by atoms with van der Waals surface area (Å²) in [5.74, 6) is 0.135. The quantitative estimate of drug-likeness (QED) is 0.830. The van der Waals surface area contributed by atoms with Gasteiger partial charge in [0, 0.05) is 30.4 Å². The maximum Gasteiger partial charge on any atom is 0.254 e. The summed E-state index contributed by atoms with van der Waals surface area (Å²) in [6.45, 7) is 5.21. The first-order chi connectivity index (χ1) is 13.7. The molecular weight excluding hydrogens is 354 g/mol. The van der Waals surface area contributed by atoms with Gasteiger partial charge in [-0.2, -0.15) is 0 Å². The molecule has 7 nitrogen and oxygen atoms in total. The molecule has 0 aliphatic carbocycles. The van der Waals surface area contributed by atoms with Gasteiger partial charge in [-0.1, -0.05) is 5.21 Å². The highest BCUT2D eigenvalue weighted by atomic mass is 16.5. The molecule has 2 aliphatic heterocycles. The average molecular weight is 383 g/mol. The van der Waals surface area contributed by atoms with Crippen molar-refractivity contribution in [3.05, 3.63) is 41.7 Å². The second-order valence-corrected chi connectivity index (χ2v) is 7.84. The fourth-order valence-corrected chi connectivity index (χ4v) is 3.99. The molecular formula is C21H29N5O2. The molecule has 2 saturated heterocycles. The Hall–Kier alpha value is -2.41. The van der Waals surface area contributed by atoms with Gasteiger partial charge in [0.15, 0.2) is 0 Å². The van der Waals surface area contributed by atoms with E-state index in [4.69, 9.17) is 4.74 Å². The third kappa shape index (κ3) is 4.52. The predicted octanol–water partition coefficient (Wildman–Crippen LogP) is 3.08. The molecule has 7 heteroatoms. The summed E-state index contributed by atoms with van der Waals surface area (Å²) in [6.07, 6.45) is 7.85. The van der Waals surface area contributed by atoms with Crippen LogP contribution in [-0.2, 0) is 17.8 Å². The number of hydrogen-bond acceptors (Lipinski definition) is 5. The predicted molar refractivity (Wildman–Crippen MR) is 107 cm³/mol. The molecule has 1 N–H and O–H groups in total. The van der Waals surface area contributed by atoms with Crippen molar-refractivity contribution >= 4 is 11.6 Å². The number of ether oxygens (including phenoxy) is 1. The van der Waals surface area contributed by atoms with E-state index >= 15 is 0 Å². The molecule has 2 unspecified atom stereocenters. The van der Waals surface area contributed by atoms with Gasteiger partial charge in [-0.3, -0.25) is 4.79 Å². The number of carbonyl (C=O) groups excluding carboxylic acids is 1. The van der Waals surface area contributed by atoms with Crippen LogP contribution in [0.1, 0.15) is 55.1 Å². The first-order valence-corrected chi connectivity index (χ1v) is 10.3. The zero-order valence-electron chi connectivity index (χ0n) is 16.5. The normalized spacial score (nSPS) is 22.4. The molecule has 0 radical (unpaired) electrons. The van der Waals surface area contributed by atoms with E-state index in [9.17, 15) is 4.79 Å². The van der Waals surface area contributed by atoms with Crippen LogP contribution >= 0.6 is 0 Å². The summed E-state index contributed by atoms with van der Waals surface area (Å²) in [4.78, 5) is 14.7. The number of anilines is 1. The average Bonchev–Trinajstić information content (AvgIpc) is 3.39. The number of nitrogens with one attached hydrogen (secondary N) is 1. The molecule has 0 bridgehead atoms. The van der Waals surface area contributed by atoms with Gasteiger partial charge in [-0.15, -0.1) is 5.10 Å². The maximum atomic E-state index is 12.7. The number of rotatable bonds is 6. The first-order valence-electron chi connectivity index (χ1n) is 10.3. The largest absolute Gasteiger partial charge is 0.379 e. The van der Waals surface area contributed by atoms with E-state index in [1.165, 1.54) is 6.42 Å². The van der Waals surface area contributed by atoms with Crippen molar-refractivity contribution in [1.29, 1.82) is 0 Å². The molecule has 2 fully saturated rings. The van der Waals surface area contributed by atoms with E-state index in [0.29, 0.717) is 12.6 Å². The zero-order chi connectivity index (χ0) is 19.3. The van der Waals surface area contributed by atoms with Gasteiger partial charge in [-0.05, 0) is 63.3 Å². The van der Waals surface area contributed by atoms with Crippen LogP contribution in [0.2, 0.25) is 0 Å². The Morgan fingerprint density at radius 1 is 1.21 bits per heavy atom. The van der Waals surface area contributed by atoms with Crippen molar-refractivity contribution in [3.63, 3.8) is 0 Å². The summed E-state index contributed by atoms with van der Waals surface area (Å²) in [5.41, 5.74) is 2.61. The number of benzene rings is 1. The Morgan fingerprint density at radius 3 is 2.82 bits per heavy atom. The van der Waals surface area contributed by atoms with Crippen LogP contribution in [0.3, 0.4) is 0 Å². The van der Waals surface area contributed by atoms with Crippen molar-refractivity contribution in [2.75, 3.05) is 18.5 Å². The van der Waals surface area contributed by atoms with E-state index in [-0.39, 0.29) is 12.0 Å². The molecule has 3 heterocycles. The van der Waals surface area contributed by atoms with Gasteiger partial charge >= 0.3 is 0 Å². The van der Waals surface area contributed by atoms with Crippen LogP contribution in [0.5, 0.6) is 0 Å². The molecule has 2 aromatic rings. The Bertz CT molecular complexity index is 782. The lowest BCUT2D eigenvalue weighted by Gasteiger charge is -2.33. The molecule has 1 aromatic carbocycles. The number of piperidine rings is 1. The van der Waals surface area contributed by atoms with E-state index in [2.05, 4.69) is 22.6 Å². The lowest BCUT2D eigenvalue weighted by Crippen LogP contribution is -2.41. The van der Waals surface area contributed by atoms with Gasteiger partial charge in [0.1, 0.15) is 5.69 Å².